The molecule has 0 unspecified atom stereocenters. The van der Waals surface area contributed by atoms with Crippen molar-refractivity contribution < 1.29 is 9.84 Å². The smallest absolute Gasteiger partial charge is 0.221 e. The Morgan fingerprint density at radius 2 is 2.12 bits per heavy atom. The number of aryl methyl sites for hydroxylation is 1. The van der Waals surface area contributed by atoms with E-state index >= 15 is 0 Å². The zero-order valence-electron chi connectivity index (χ0n) is 9.55. The average molecular weight is 230 g/mol. The molecule has 88 valence electrons. The number of hydrogen-bond donors (Lipinski definition) is 2. The van der Waals surface area contributed by atoms with Crippen molar-refractivity contribution in [3.05, 3.63) is 47.7 Å². The van der Waals surface area contributed by atoms with Crippen LogP contribution in [0, 0.1) is 6.92 Å². The largest absolute Gasteiger partial charge is 0.439 e. The van der Waals surface area contributed by atoms with E-state index in [1.807, 2.05) is 19.1 Å². The van der Waals surface area contributed by atoms with Crippen molar-refractivity contribution in [2.75, 3.05) is 5.73 Å². The van der Waals surface area contributed by atoms with Gasteiger partial charge in [-0.25, -0.2) is 4.98 Å². The van der Waals surface area contributed by atoms with Crippen LogP contribution in [0.25, 0.3) is 0 Å². The van der Waals surface area contributed by atoms with Crippen molar-refractivity contribution in [1.29, 1.82) is 0 Å². The molecule has 0 aliphatic heterocycles. The first-order chi connectivity index (χ1) is 8.20. The van der Waals surface area contributed by atoms with Crippen LogP contribution in [0.1, 0.15) is 11.1 Å². The number of ether oxygens (including phenoxy) is 1. The van der Waals surface area contributed by atoms with E-state index in [9.17, 15) is 5.11 Å². The molecule has 0 saturated carbocycles. The number of hydrogen-bond acceptors (Lipinski definition) is 4. The van der Waals surface area contributed by atoms with Gasteiger partial charge in [-0.15, -0.1) is 0 Å². The Morgan fingerprint density at radius 3 is 2.82 bits per heavy atom. The number of benzene rings is 1. The summed E-state index contributed by atoms with van der Waals surface area (Å²) in [5, 5.41) is 9.17. The van der Waals surface area contributed by atoms with Crippen LogP contribution in [-0.2, 0) is 6.61 Å². The number of rotatable bonds is 3. The number of nitrogens with zero attached hydrogens (tertiary/aromatic N) is 1. The summed E-state index contributed by atoms with van der Waals surface area (Å²) in [4.78, 5) is 4.13. The maximum Gasteiger partial charge on any atom is 0.221 e. The fourth-order valence-corrected chi connectivity index (χ4v) is 1.42. The van der Waals surface area contributed by atoms with E-state index in [0.29, 0.717) is 22.9 Å². The number of nitrogen functional groups attached to an aromatic ring is 1. The van der Waals surface area contributed by atoms with Crippen LogP contribution in [0.3, 0.4) is 0 Å². The second-order valence-electron chi connectivity index (χ2n) is 3.75. The molecule has 0 spiro atoms. The molecule has 0 aliphatic carbocycles. The summed E-state index contributed by atoms with van der Waals surface area (Å²) in [5.74, 6) is 1.01. The van der Waals surface area contributed by atoms with Crippen molar-refractivity contribution in [2.45, 2.75) is 13.5 Å². The molecule has 2 aromatic rings. The van der Waals surface area contributed by atoms with Gasteiger partial charge in [0.25, 0.3) is 0 Å². The molecule has 0 atom stereocenters. The fraction of sp³-hybridized carbons (Fsp3) is 0.154. The normalized spacial score (nSPS) is 10.2. The fourth-order valence-electron chi connectivity index (χ4n) is 1.42. The lowest BCUT2D eigenvalue weighted by Gasteiger charge is -2.09. The van der Waals surface area contributed by atoms with Crippen molar-refractivity contribution in [2.24, 2.45) is 0 Å². The lowest BCUT2D eigenvalue weighted by atomic mass is 10.2. The summed E-state index contributed by atoms with van der Waals surface area (Å²) >= 11 is 0. The maximum absolute atomic E-state index is 9.17. The molecule has 1 aromatic carbocycles. The molecule has 2 rings (SSSR count). The molecule has 0 saturated heterocycles. The number of anilines is 1. The highest BCUT2D eigenvalue weighted by atomic mass is 16.5. The number of nitrogens with two attached hydrogens (primary N) is 1. The Balaban J connectivity index is 2.28. The maximum atomic E-state index is 9.17. The molecular weight excluding hydrogens is 216 g/mol. The second kappa shape index (κ2) is 4.84. The van der Waals surface area contributed by atoms with Gasteiger partial charge in [-0.3, -0.25) is 0 Å². The first-order valence-electron chi connectivity index (χ1n) is 5.29. The number of aromatic nitrogens is 1. The third kappa shape index (κ3) is 2.54. The Bertz CT molecular complexity index is 527. The van der Waals surface area contributed by atoms with E-state index < -0.39 is 0 Å². The molecule has 0 aliphatic rings. The van der Waals surface area contributed by atoms with Crippen LogP contribution in [0.15, 0.2) is 36.5 Å². The van der Waals surface area contributed by atoms with Gasteiger partial charge in [-0.1, -0.05) is 18.2 Å². The number of para-hydroxylation sites is 1. The van der Waals surface area contributed by atoms with Gasteiger partial charge in [0.1, 0.15) is 5.75 Å². The molecule has 17 heavy (non-hydrogen) atoms. The summed E-state index contributed by atoms with van der Waals surface area (Å²) in [6, 6.07) is 8.93. The van der Waals surface area contributed by atoms with Gasteiger partial charge >= 0.3 is 0 Å². The molecule has 1 aromatic heterocycles. The van der Waals surface area contributed by atoms with Crippen LogP contribution in [0.2, 0.25) is 0 Å². The summed E-state index contributed by atoms with van der Waals surface area (Å²) in [5.41, 5.74) is 8.04. The number of aliphatic hydroxyl groups excluding tert-OH is 1. The monoisotopic (exact) mass is 230 g/mol. The summed E-state index contributed by atoms with van der Waals surface area (Å²) in [6.45, 7) is 1.81. The zero-order valence-corrected chi connectivity index (χ0v) is 9.55. The van der Waals surface area contributed by atoms with E-state index in [2.05, 4.69) is 4.98 Å². The molecule has 1 heterocycles. The highest BCUT2D eigenvalue weighted by Gasteiger charge is 2.05. The Labute approximate surface area is 99.7 Å². The predicted molar refractivity (Wildman–Crippen MR) is 65.8 cm³/mol. The lowest BCUT2D eigenvalue weighted by Crippen LogP contribution is -1.96. The molecule has 4 nitrogen and oxygen atoms in total. The first kappa shape index (κ1) is 11.4. The Hall–Kier alpha value is -2.07. The Kier molecular flexibility index (Phi) is 3.25. The van der Waals surface area contributed by atoms with Gasteiger partial charge in [0.15, 0.2) is 0 Å². The van der Waals surface area contributed by atoms with Crippen molar-refractivity contribution in [3.8, 4) is 11.6 Å². The first-order valence-corrected chi connectivity index (χ1v) is 5.29. The highest BCUT2D eigenvalue weighted by Crippen LogP contribution is 2.25. The summed E-state index contributed by atoms with van der Waals surface area (Å²) in [7, 11) is 0. The van der Waals surface area contributed by atoms with Gasteiger partial charge in [0.05, 0.1) is 6.61 Å². The minimum atomic E-state index is -0.0719. The zero-order chi connectivity index (χ0) is 12.3. The van der Waals surface area contributed by atoms with Crippen LogP contribution in [0.5, 0.6) is 11.6 Å². The van der Waals surface area contributed by atoms with Crippen LogP contribution in [0.4, 0.5) is 5.69 Å². The van der Waals surface area contributed by atoms with Crippen molar-refractivity contribution in [3.63, 3.8) is 0 Å². The van der Waals surface area contributed by atoms with Gasteiger partial charge in [-0.05, 0) is 18.6 Å². The third-order valence-corrected chi connectivity index (χ3v) is 2.48. The topological polar surface area (TPSA) is 68.4 Å². The second-order valence-corrected chi connectivity index (χ2v) is 3.75. The number of aliphatic hydroxyl groups is 1. The van der Waals surface area contributed by atoms with Gasteiger partial charge < -0.3 is 15.6 Å². The standard InChI is InChI=1S/C13H14N2O2/c1-9-7-15-13(6-11(9)14)17-12-5-3-2-4-10(12)8-16/h2-7,16H,8H2,1H3,(H2,14,15). The van der Waals surface area contributed by atoms with Crippen LogP contribution < -0.4 is 10.5 Å². The molecule has 0 bridgehead atoms. The van der Waals surface area contributed by atoms with Crippen LogP contribution in [-0.4, -0.2) is 10.1 Å². The van der Waals surface area contributed by atoms with Crippen molar-refractivity contribution >= 4 is 5.69 Å². The van der Waals surface area contributed by atoms with Gasteiger partial charge in [0.2, 0.25) is 5.88 Å². The van der Waals surface area contributed by atoms with E-state index in [4.69, 9.17) is 10.5 Å². The minimum absolute atomic E-state index is 0.0719. The Morgan fingerprint density at radius 1 is 1.35 bits per heavy atom. The molecule has 0 radical (unpaired) electrons. The summed E-state index contributed by atoms with van der Waals surface area (Å²) in [6.07, 6.45) is 1.66. The lowest BCUT2D eigenvalue weighted by molar-refractivity contribution is 0.276. The molecule has 3 N–H and O–H groups in total. The molecule has 0 fully saturated rings. The third-order valence-electron chi connectivity index (χ3n) is 2.48. The van der Waals surface area contributed by atoms with E-state index in [1.165, 1.54) is 0 Å². The molecule has 0 amide bonds. The predicted octanol–water partition coefficient (Wildman–Crippen LogP) is 2.26. The van der Waals surface area contributed by atoms with Gasteiger partial charge in [0, 0.05) is 23.5 Å². The molecular formula is C13H14N2O2. The van der Waals surface area contributed by atoms with Crippen LogP contribution >= 0.6 is 0 Å². The number of pyridine rings is 1. The van der Waals surface area contributed by atoms with E-state index in [1.54, 1.807) is 24.4 Å². The summed E-state index contributed by atoms with van der Waals surface area (Å²) < 4.78 is 5.59. The minimum Gasteiger partial charge on any atom is -0.439 e. The average Bonchev–Trinajstić information content (AvgIpc) is 2.34. The van der Waals surface area contributed by atoms with E-state index in [-0.39, 0.29) is 6.61 Å². The highest BCUT2D eigenvalue weighted by molar-refractivity contribution is 5.48. The van der Waals surface area contributed by atoms with E-state index in [0.717, 1.165) is 5.56 Å². The SMILES string of the molecule is Cc1cnc(Oc2ccccc2CO)cc1N. The van der Waals surface area contributed by atoms with Gasteiger partial charge in [-0.2, -0.15) is 0 Å². The quantitative estimate of drug-likeness (QED) is 0.848. The van der Waals surface area contributed by atoms with Crippen molar-refractivity contribution in [1.82, 2.24) is 4.98 Å². The molecule has 4 heteroatoms.